The SMILES string of the molecule is Fc1ccc(F)c([C@H]2CCCN2c2nc3ccnn3cc2F)c1. The molecule has 0 amide bonds. The molecule has 1 fully saturated rings. The Labute approximate surface area is 130 Å². The molecule has 0 N–H and O–H groups in total. The Kier molecular flexibility index (Phi) is 3.21. The summed E-state index contributed by atoms with van der Waals surface area (Å²) >= 11 is 0. The maximum absolute atomic E-state index is 14.4. The summed E-state index contributed by atoms with van der Waals surface area (Å²) in [5.41, 5.74) is 0.740. The van der Waals surface area contributed by atoms with Crippen molar-refractivity contribution >= 4 is 11.5 Å². The first kappa shape index (κ1) is 14.0. The number of hydrogen-bond donors (Lipinski definition) is 0. The van der Waals surface area contributed by atoms with E-state index < -0.39 is 23.5 Å². The third-order valence-corrected chi connectivity index (χ3v) is 4.16. The molecular weight excluding hydrogens is 305 g/mol. The van der Waals surface area contributed by atoms with Gasteiger partial charge in [-0.05, 0) is 31.0 Å². The zero-order chi connectivity index (χ0) is 16.0. The van der Waals surface area contributed by atoms with Gasteiger partial charge in [-0.15, -0.1) is 0 Å². The minimum Gasteiger partial charge on any atom is -0.347 e. The summed E-state index contributed by atoms with van der Waals surface area (Å²) in [7, 11) is 0. The number of rotatable bonds is 2. The highest BCUT2D eigenvalue weighted by molar-refractivity contribution is 5.51. The molecular formula is C16H13F3N4. The van der Waals surface area contributed by atoms with Crippen molar-refractivity contribution < 1.29 is 13.2 Å². The predicted octanol–water partition coefficient (Wildman–Crippen LogP) is 3.49. The van der Waals surface area contributed by atoms with Gasteiger partial charge in [0.2, 0.25) is 0 Å². The summed E-state index contributed by atoms with van der Waals surface area (Å²) in [6, 6.07) is 4.59. The van der Waals surface area contributed by atoms with Crippen LogP contribution in [-0.4, -0.2) is 21.1 Å². The van der Waals surface area contributed by atoms with Crippen LogP contribution in [0.1, 0.15) is 24.4 Å². The Bertz CT molecular complexity index is 877. The Morgan fingerprint density at radius 2 is 1.96 bits per heavy atom. The van der Waals surface area contributed by atoms with Crippen LogP contribution in [0.15, 0.2) is 36.7 Å². The molecule has 4 rings (SSSR count). The second-order valence-corrected chi connectivity index (χ2v) is 5.56. The fourth-order valence-corrected chi connectivity index (χ4v) is 3.14. The van der Waals surface area contributed by atoms with E-state index in [1.807, 2.05) is 0 Å². The quantitative estimate of drug-likeness (QED) is 0.725. The first-order valence-corrected chi connectivity index (χ1v) is 7.35. The standard InChI is InChI=1S/C16H13F3N4/c17-10-3-4-12(18)11(8-10)14-2-1-7-22(14)16-13(19)9-23-15(21-16)5-6-20-23/h3-6,8-9,14H,1-2,7H2/t14-/m1/s1. The molecule has 0 aliphatic carbocycles. The lowest BCUT2D eigenvalue weighted by molar-refractivity contribution is 0.551. The van der Waals surface area contributed by atoms with Crippen LogP contribution < -0.4 is 4.90 Å². The monoisotopic (exact) mass is 318 g/mol. The van der Waals surface area contributed by atoms with Gasteiger partial charge in [-0.3, -0.25) is 0 Å². The van der Waals surface area contributed by atoms with Gasteiger partial charge >= 0.3 is 0 Å². The Hall–Kier alpha value is -2.57. The van der Waals surface area contributed by atoms with Crippen LogP contribution in [0.5, 0.6) is 0 Å². The lowest BCUT2D eigenvalue weighted by Crippen LogP contribution is -2.26. The molecule has 0 bridgehead atoms. The molecule has 0 unspecified atom stereocenters. The number of fused-ring (bicyclic) bond motifs is 1. The van der Waals surface area contributed by atoms with Crippen LogP contribution in [0, 0.1) is 17.5 Å². The van der Waals surface area contributed by atoms with Crippen LogP contribution >= 0.6 is 0 Å². The molecule has 1 aliphatic heterocycles. The van der Waals surface area contributed by atoms with Crippen LogP contribution in [-0.2, 0) is 0 Å². The summed E-state index contributed by atoms with van der Waals surface area (Å²) in [5.74, 6) is -1.39. The van der Waals surface area contributed by atoms with Crippen LogP contribution in [0.2, 0.25) is 0 Å². The van der Waals surface area contributed by atoms with E-state index >= 15 is 0 Å². The normalized spacial score (nSPS) is 18.0. The Morgan fingerprint density at radius 3 is 2.83 bits per heavy atom. The molecule has 1 aromatic carbocycles. The van der Waals surface area contributed by atoms with E-state index in [2.05, 4.69) is 10.1 Å². The maximum atomic E-state index is 14.4. The number of halogens is 3. The van der Waals surface area contributed by atoms with Gasteiger partial charge in [0.25, 0.3) is 0 Å². The molecule has 0 spiro atoms. The fraction of sp³-hybridized carbons (Fsp3) is 0.250. The maximum Gasteiger partial charge on any atom is 0.184 e. The van der Waals surface area contributed by atoms with Crippen molar-refractivity contribution in [2.75, 3.05) is 11.4 Å². The fourth-order valence-electron chi connectivity index (χ4n) is 3.14. The summed E-state index contributed by atoms with van der Waals surface area (Å²) in [4.78, 5) is 5.97. The Balaban J connectivity index is 1.80. The second kappa shape index (κ2) is 5.26. The average Bonchev–Trinajstić information content (AvgIpc) is 3.17. The van der Waals surface area contributed by atoms with Gasteiger partial charge < -0.3 is 4.90 Å². The number of aromatic nitrogens is 3. The van der Waals surface area contributed by atoms with E-state index in [9.17, 15) is 13.2 Å². The molecule has 4 nitrogen and oxygen atoms in total. The van der Waals surface area contributed by atoms with Gasteiger partial charge in [0.15, 0.2) is 17.3 Å². The minimum atomic E-state index is -0.537. The lowest BCUT2D eigenvalue weighted by atomic mass is 10.0. The van der Waals surface area contributed by atoms with E-state index in [0.29, 0.717) is 18.6 Å². The van der Waals surface area contributed by atoms with Gasteiger partial charge in [0.1, 0.15) is 11.6 Å². The molecule has 0 saturated carbocycles. The van der Waals surface area contributed by atoms with Gasteiger partial charge in [0.05, 0.1) is 18.4 Å². The van der Waals surface area contributed by atoms with Crippen molar-refractivity contribution in [3.63, 3.8) is 0 Å². The highest BCUT2D eigenvalue weighted by atomic mass is 19.1. The molecule has 1 aliphatic rings. The molecule has 2 aromatic heterocycles. The average molecular weight is 318 g/mol. The van der Waals surface area contributed by atoms with Crippen LogP contribution in [0.25, 0.3) is 5.65 Å². The van der Waals surface area contributed by atoms with Crippen molar-refractivity contribution in [3.8, 4) is 0 Å². The van der Waals surface area contributed by atoms with E-state index in [0.717, 1.165) is 18.6 Å². The highest BCUT2D eigenvalue weighted by Crippen LogP contribution is 2.37. The lowest BCUT2D eigenvalue weighted by Gasteiger charge is -2.26. The molecule has 1 saturated heterocycles. The zero-order valence-corrected chi connectivity index (χ0v) is 12.1. The smallest absolute Gasteiger partial charge is 0.184 e. The number of nitrogens with zero attached hydrogens (tertiary/aromatic N) is 4. The molecule has 118 valence electrons. The van der Waals surface area contributed by atoms with Gasteiger partial charge in [-0.25, -0.2) is 22.7 Å². The predicted molar refractivity (Wildman–Crippen MR) is 78.6 cm³/mol. The third-order valence-electron chi connectivity index (χ3n) is 4.16. The summed E-state index contributed by atoms with van der Waals surface area (Å²) in [6.07, 6.45) is 4.15. The third kappa shape index (κ3) is 2.32. The molecule has 23 heavy (non-hydrogen) atoms. The summed E-state index contributed by atoms with van der Waals surface area (Å²) in [5, 5.41) is 3.94. The first-order valence-electron chi connectivity index (χ1n) is 7.35. The largest absolute Gasteiger partial charge is 0.347 e. The molecule has 3 heterocycles. The summed E-state index contributed by atoms with van der Waals surface area (Å²) in [6.45, 7) is 0.537. The molecule has 0 radical (unpaired) electrons. The molecule has 7 heteroatoms. The summed E-state index contributed by atoms with van der Waals surface area (Å²) < 4.78 is 43.3. The zero-order valence-electron chi connectivity index (χ0n) is 12.1. The minimum absolute atomic E-state index is 0.143. The number of benzene rings is 1. The Morgan fingerprint density at radius 1 is 1.09 bits per heavy atom. The second-order valence-electron chi connectivity index (χ2n) is 5.56. The van der Waals surface area contributed by atoms with Crippen LogP contribution in [0.3, 0.4) is 0 Å². The van der Waals surface area contributed by atoms with Gasteiger partial charge in [-0.2, -0.15) is 5.10 Å². The van der Waals surface area contributed by atoms with Crippen molar-refractivity contribution in [2.24, 2.45) is 0 Å². The van der Waals surface area contributed by atoms with Crippen molar-refractivity contribution in [1.82, 2.24) is 14.6 Å². The van der Waals surface area contributed by atoms with Gasteiger partial charge in [-0.1, -0.05) is 0 Å². The van der Waals surface area contributed by atoms with E-state index in [1.165, 1.54) is 23.0 Å². The first-order chi connectivity index (χ1) is 11.1. The van der Waals surface area contributed by atoms with E-state index in [-0.39, 0.29) is 11.4 Å². The van der Waals surface area contributed by atoms with Crippen molar-refractivity contribution in [2.45, 2.75) is 18.9 Å². The number of anilines is 1. The topological polar surface area (TPSA) is 33.4 Å². The van der Waals surface area contributed by atoms with E-state index in [4.69, 9.17) is 0 Å². The molecule has 3 aromatic rings. The van der Waals surface area contributed by atoms with Crippen molar-refractivity contribution in [1.29, 1.82) is 0 Å². The molecule has 1 atom stereocenters. The number of hydrogen-bond acceptors (Lipinski definition) is 3. The van der Waals surface area contributed by atoms with E-state index in [1.54, 1.807) is 11.0 Å². The van der Waals surface area contributed by atoms with Crippen molar-refractivity contribution in [3.05, 3.63) is 59.7 Å². The van der Waals surface area contributed by atoms with Gasteiger partial charge in [0, 0.05) is 18.2 Å². The highest BCUT2D eigenvalue weighted by Gasteiger charge is 2.31. The van der Waals surface area contributed by atoms with Crippen LogP contribution in [0.4, 0.5) is 19.0 Å².